The molecule has 4 nitrogen and oxygen atoms in total. The van der Waals surface area contributed by atoms with Crippen LogP contribution in [0.15, 0.2) is 48.5 Å². The minimum atomic E-state index is -0.319. The summed E-state index contributed by atoms with van der Waals surface area (Å²) < 4.78 is 14.3. The number of rotatable bonds is 3. The number of aromatic nitrogens is 3. The Labute approximate surface area is 114 Å². The third kappa shape index (κ3) is 2.21. The van der Waals surface area contributed by atoms with Crippen molar-refractivity contribution in [2.24, 2.45) is 0 Å². The van der Waals surface area contributed by atoms with E-state index in [4.69, 9.17) is 0 Å². The molecular formula is C15H10FN3O. The Balaban J connectivity index is 2.09. The molecule has 0 unspecified atom stereocenters. The standard InChI is InChI=1S/C15H10FN3O/c16-12-7-5-11(6-8-12)9-13(10-20)19-15-4-2-1-3-14(15)17-18-19/h1-10H/b13-9-. The van der Waals surface area contributed by atoms with Gasteiger partial charge in [0.05, 0.1) is 5.52 Å². The Kier molecular flexibility index (Phi) is 3.09. The zero-order chi connectivity index (χ0) is 13.9. The third-order valence-corrected chi connectivity index (χ3v) is 2.90. The summed E-state index contributed by atoms with van der Waals surface area (Å²) >= 11 is 0. The monoisotopic (exact) mass is 267 g/mol. The van der Waals surface area contributed by atoms with Crippen LogP contribution in [0.5, 0.6) is 0 Å². The van der Waals surface area contributed by atoms with Crippen molar-refractivity contribution in [1.82, 2.24) is 15.0 Å². The van der Waals surface area contributed by atoms with Crippen LogP contribution in [0.2, 0.25) is 0 Å². The summed E-state index contributed by atoms with van der Waals surface area (Å²) in [5, 5.41) is 7.97. The number of para-hydroxylation sites is 1. The average Bonchev–Trinajstić information content (AvgIpc) is 2.91. The predicted octanol–water partition coefficient (Wildman–Crippen LogP) is 2.77. The molecule has 0 aliphatic heterocycles. The Hall–Kier alpha value is -2.82. The maximum absolute atomic E-state index is 12.9. The number of hydrogen-bond donors (Lipinski definition) is 0. The Bertz CT molecular complexity index is 790. The average molecular weight is 267 g/mol. The van der Waals surface area contributed by atoms with Crippen molar-refractivity contribution in [2.45, 2.75) is 0 Å². The largest absolute Gasteiger partial charge is 0.296 e. The number of halogens is 1. The molecule has 0 amide bonds. The van der Waals surface area contributed by atoms with Crippen LogP contribution in [0.3, 0.4) is 0 Å². The van der Waals surface area contributed by atoms with Crippen molar-refractivity contribution in [3.63, 3.8) is 0 Å². The van der Waals surface area contributed by atoms with Crippen LogP contribution in [0.25, 0.3) is 22.8 Å². The summed E-state index contributed by atoms with van der Waals surface area (Å²) in [4.78, 5) is 11.3. The second-order valence-corrected chi connectivity index (χ2v) is 4.23. The molecule has 0 fully saturated rings. The number of nitrogens with zero attached hydrogens (tertiary/aromatic N) is 3. The van der Waals surface area contributed by atoms with Gasteiger partial charge < -0.3 is 0 Å². The lowest BCUT2D eigenvalue weighted by Crippen LogP contribution is -2.00. The quantitative estimate of drug-likeness (QED) is 0.541. The van der Waals surface area contributed by atoms with Crippen LogP contribution in [0.4, 0.5) is 4.39 Å². The van der Waals surface area contributed by atoms with E-state index in [9.17, 15) is 9.18 Å². The van der Waals surface area contributed by atoms with E-state index < -0.39 is 0 Å². The van der Waals surface area contributed by atoms with Crippen LogP contribution in [-0.4, -0.2) is 21.3 Å². The van der Waals surface area contributed by atoms with Gasteiger partial charge in [-0.25, -0.2) is 9.07 Å². The first kappa shape index (κ1) is 12.2. The summed E-state index contributed by atoms with van der Waals surface area (Å²) in [6.07, 6.45) is 2.33. The van der Waals surface area contributed by atoms with Crippen molar-refractivity contribution >= 4 is 29.1 Å². The topological polar surface area (TPSA) is 47.8 Å². The fourth-order valence-corrected chi connectivity index (χ4v) is 1.93. The SMILES string of the molecule is O=C/C(=C/c1ccc(F)cc1)n1nnc2ccccc21. The second kappa shape index (κ2) is 5.05. The molecule has 0 aliphatic rings. The fourth-order valence-electron chi connectivity index (χ4n) is 1.93. The second-order valence-electron chi connectivity index (χ2n) is 4.23. The zero-order valence-corrected chi connectivity index (χ0v) is 10.4. The molecule has 0 radical (unpaired) electrons. The number of fused-ring (bicyclic) bond motifs is 1. The maximum atomic E-state index is 12.9. The predicted molar refractivity (Wildman–Crippen MR) is 74.2 cm³/mol. The third-order valence-electron chi connectivity index (χ3n) is 2.90. The first-order chi connectivity index (χ1) is 9.78. The van der Waals surface area contributed by atoms with E-state index in [0.717, 1.165) is 5.52 Å². The minimum Gasteiger partial charge on any atom is -0.296 e. The van der Waals surface area contributed by atoms with Crippen LogP contribution >= 0.6 is 0 Å². The number of hydrogen-bond acceptors (Lipinski definition) is 3. The summed E-state index contributed by atoms with van der Waals surface area (Å²) in [6.45, 7) is 0. The molecule has 0 N–H and O–H groups in total. The van der Waals surface area contributed by atoms with E-state index in [1.54, 1.807) is 18.2 Å². The normalized spacial score (nSPS) is 11.8. The van der Waals surface area contributed by atoms with E-state index >= 15 is 0 Å². The first-order valence-corrected chi connectivity index (χ1v) is 6.01. The Morgan fingerprint density at radius 3 is 2.60 bits per heavy atom. The lowest BCUT2D eigenvalue weighted by atomic mass is 10.2. The van der Waals surface area contributed by atoms with Gasteiger partial charge in [-0.05, 0) is 35.9 Å². The van der Waals surface area contributed by atoms with Crippen molar-refractivity contribution in [2.75, 3.05) is 0 Å². The van der Waals surface area contributed by atoms with Gasteiger partial charge in [-0.1, -0.05) is 29.5 Å². The summed E-state index contributed by atoms with van der Waals surface area (Å²) in [7, 11) is 0. The first-order valence-electron chi connectivity index (χ1n) is 6.01. The smallest absolute Gasteiger partial charge is 0.168 e. The van der Waals surface area contributed by atoms with Crippen LogP contribution in [0, 0.1) is 5.82 Å². The highest BCUT2D eigenvalue weighted by molar-refractivity contribution is 6.07. The van der Waals surface area contributed by atoms with Gasteiger partial charge in [0, 0.05) is 0 Å². The number of allylic oxidation sites excluding steroid dienone is 1. The zero-order valence-electron chi connectivity index (χ0n) is 10.4. The van der Waals surface area contributed by atoms with Crippen molar-refractivity contribution in [3.05, 3.63) is 59.9 Å². The van der Waals surface area contributed by atoms with E-state index in [2.05, 4.69) is 10.3 Å². The van der Waals surface area contributed by atoms with E-state index in [1.165, 1.54) is 16.8 Å². The van der Waals surface area contributed by atoms with Crippen molar-refractivity contribution in [3.8, 4) is 0 Å². The highest BCUT2D eigenvalue weighted by Crippen LogP contribution is 2.16. The maximum Gasteiger partial charge on any atom is 0.168 e. The summed E-state index contributed by atoms with van der Waals surface area (Å²) in [5.74, 6) is -0.319. The van der Waals surface area contributed by atoms with Gasteiger partial charge in [0.15, 0.2) is 6.29 Å². The summed E-state index contributed by atoms with van der Waals surface area (Å²) in [5.41, 5.74) is 2.51. The molecule has 3 aromatic rings. The van der Waals surface area contributed by atoms with Gasteiger partial charge in [-0.2, -0.15) is 0 Å². The lowest BCUT2D eigenvalue weighted by Gasteiger charge is -2.01. The molecule has 20 heavy (non-hydrogen) atoms. The molecule has 0 spiro atoms. The van der Waals surface area contributed by atoms with Gasteiger partial charge in [-0.15, -0.1) is 5.10 Å². The molecule has 0 aliphatic carbocycles. The van der Waals surface area contributed by atoms with Crippen LogP contribution in [0.1, 0.15) is 5.56 Å². The number of benzene rings is 2. The molecule has 0 saturated carbocycles. The van der Waals surface area contributed by atoms with Gasteiger partial charge in [-0.3, -0.25) is 4.79 Å². The minimum absolute atomic E-state index is 0.319. The number of aldehydes is 1. The molecule has 1 heterocycles. The van der Waals surface area contributed by atoms with Crippen molar-refractivity contribution in [1.29, 1.82) is 0 Å². The highest BCUT2D eigenvalue weighted by atomic mass is 19.1. The Morgan fingerprint density at radius 2 is 1.85 bits per heavy atom. The van der Waals surface area contributed by atoms with Crippen molar-refractivity contribution < 1.29 is 9.18 Å². The fraction of sp³-hybridized carbons (Fsp3) is 0. The van der Waals surface area contributed by atoms with E-state index in [-0.39, 0.29) is 5.82 Å². The molecule has 2 aromatic carbocycles. The molecule has 0 saturated heterocycles. The molecule has 0 atom stereocenters. The molecule has 0 bridgehead atoms. The van der Waals surface area contributed by atoms with Crippen LogP contribution in [-0.2, 0) is 4.79 Å². The molecular weight excluding hydrogens is 257 g/mol. The van der Waals surface area contributed by atoms with Gasteiger partial charge >= 0.3 is 0 Å². The van der Waals surface area contributed by atoms with Gasteiger partial charge in [0.25, 0.3) is 0 Å². The molecule has 98 valence electrons. The van der Waals surface area contributed by atoms with E-state index in [0.29, 0.717) is 23.1 Å². The molecule has 1 aromatic heterocycles. The Morgan fingerprint density at radius 1 is 1.10 bits per heavy atom. The molecule has 5 heteroatoms. The molecule has 3 rings (SSSR count). The van der Waals surface area contributed by atoms with E-state index in [1.807, 2.05) is 24.3 Å². The number of carbonyl (C=O) groups is 1. The summed E-state index contributed by atoms with van der Waals surface area (Å²) in [6, 6.07) is 13.2. The highest BCUT2D eigenvalue weighted by Gasteiger charge is 2.07. The number of carbonyl (C=O) groups excluding carboxylic acids is 1. The van der Waals surface area contributed by atoms with Gasteiger partial charge in [0.1, 0.15) is 17.0 Å². The van der Waals surface area contributed by atoms with Crippen LogP contribution < -0.4 is 0 Å². The lowest BCUT2D eigenvalue weighted by molar-refractivity contribution is -0.103. The van der Waals surface area contributed by atoms with Gasteiger partial charge in [0.2, 0.25) is 0 Å².